The number of nitrogens with two attached hydrogens (primary N) is 1. The molecule has 0 heterocycles. The summed E-state index contributed by atoms with van der Waals surface area (Å²) in [6, 6.07) is 2.24. The van der Waals surface area contributed by atoms with Crippen molar-refractivity contribution < 1.29 is 13.6 Å². The van der Waals surface area contributed by atoms with Crippen molar-refractivity contribution >= 4 is 18.3 Å². The van der Waals surface area contributed by atoms with Crippen molar-refractivity contribution in [1.29, 1.82) is 0 Å². The molecule has 1 rings (SSSR count). The van der Waals surface area contributed by atoms with Crippen LogP contribution < -0.4 is 11.1 Å². The summed E-state index contributed by atoms with van der Waals surface area (Å²) in [5.74, 6) is -1.64. The lowest BCUT2D eigenvalue weighted by Gasteiger charge is -2.25. The number of hydrogen-bond donors (Lipinski definition) is 2. The molecule has 1 amide bonds. The number of rotatable bonds is 6. The van der Waals surface area contributed by atoms with Crippen molar-refractivity contribution in [1.82, 2.24) is 5.32 Å². The third-order valence-electron chi connectivity index (χ3n) is 3.20. The Morgan fingerprint density at radius 1 is 1.33 bits per heavy atom. The minimum absolute atomic E-state index is 0. The van der Waals surface area contributed by atoms with Gasteiger partial charge < -0.3 is 11.1 Å². The Labute approximate surface area is 130 Å². The molecular formula is C15H23ClF2N2O. The average Bonchev–Trinajstić information content (AvgIpc) is 2.36. The maximum absolute atomic E-state index is 13.8. The quantitative estimate of drug-likeness (QED) is 0.844. The van der Waals surface area contributed by atoms with Gasteiger partial charge in [-0.05, 0) is 18.4 Å². The van der Waals surface area contributed by atoms with Crippen molar-refractivity contribution in [3.05, 3.63) is 35.4 Å². The lowest BCUT2D eigenvalue weighted by Crippen LogP contribution is -2.43. The predicted molar refractivity (Wildman–Crippen MR) is 82.2 cm³/mol. The van der Waals surface area contributed by atoms with Gasteiger partial charge in [0.2, 0.25) is 5.91 Å². The summed E-state index contributed by atoms with van der Waals surface area (Å²) in [6.07, 6.45) is 1.37. The Morgan fingerprint density at radius 2 is 1.95 bits per heavy atom. The number of carbonyl (C=O) groups excluding carboxylic acids is 1. The molecule has 0 bridgehead atoms. The first-order valence-electron chi connectivity index (χ1n) is 6.87. The molecule has 0 saturated heterocycles. The van der Waals surface area contributed by atoms with Gasteiger partial charge in [0.15, 0.2) is 0 Å². The summed E-state index contributed by atoms with van der Waals surface area (Å²) < 4.78 is 26.8. The van der Waals surface area contributed by atoms with Crippen LogP contribution in [0.2, 0.25) is 0 Å². The Kier molecular flexibility index (Phi) is 8.44. The van der Waals surface area contributed by atoms with Crippen molar-refractivity contribution in [3.8, 4) is 0 Å². The smallest absolute Gasteiger partial charge is 0.237 e. The van der Waals surface area contributed by atoms with E-state index in [1.54, 1.807) is 0 Å². The van der Waals surface area contributed by atoms with E-state index < -0.39 is 23.7 Å². The molecule has 0 saturated carbocycles. The number of benzene rings is 1. The van der Waals surface area contributed by atoms with Gasteiger partial charge in [-0.3, -0.25) is 4.79 Å². The fourth-order valence-electron chi connectivity index (χ4n) is 2.06. The zero-order valence-corrected chi connectivity index (χ0v) is 13.3. The van der Waals surface area contributed by atoms with Gasteiger partial charge >= 0.3 is 0 Å². The molecule has 0 fully saturated rings. The first kappa shape index (κ1) is 19.8. The maximum Gasteiger partial charge on any atom is 0.237 e. The van der Waals surface area contributed by atoms with E-state index in [2.05, 4.69) is 5.32 Å². The number of amides is 1. The highest BCUT2D eigenvalue weighted by atomic mass is 35.5. The molecule has 3 nitrogen and oxygen atoms in total. The van der Waals surface area contributed by atoms with Crippen LogP contribution in [0.4, 0.5) is 8.78 Å². The van der Waals surface area contributed by atoms with Crippen LogP contribution in [0.5, 0.6) is 0 Å². The van der Waals surface area contributed by atoms with Crippen LogP contribution in [0, 0.1) is 17.6 Å². The minimum Gasteiger partial charge on any atom is -0.348 e. The summed E-state index contributed by atoms with van der Waals surface area (Å²) >= 11 is 0. The van der Waals surface area contributed by atoms with E-state index in [1.165, 1.54) is 12.1 Å². The molecule has 3 N–H and O–H groups in total. The van der Waals surface area contributed by atoms with Gasteiger partial charge in [0.1, 0.15) is 11.6 Å². The highest BCUT2D eigenvalue weighted by Crippen LogP contribution is 2.25. The van der Waals surface area contributed by atoms with E-state index in [0.717, 1.165) is 12.5 Å². The van der Waals surface area contributed by atoms with Crippen molar-refractivity contribution in [3.63, 3.8) is 0 Å². The largest absolute Gasteiger partial charge is 0.348 e. The summed E-state index contributed by atoms with van der Waals surface area (Å²) in [5, 5.41) is 2.75. The molecule has 0 spiro atoms. The van der Waals surface area contributed by atoms with Gasteiger partial charge in [-0.25, -0.2) is 8.78 Å². The van der Waals surface area contributed by atoms with E-state index in [0.29, 0.717) is 6.42 Å². The summed E-state index contributed by atoms with van der Waals surface area (Å²) in [5.41, 5.74) is 6.03. The van der Waals surface area contributed by atoms with Gasteiger partial charge in [-0.1, -0.05) is 33.3 Å². The van der Waals surface area contributed by atoms with Gasteiger partial charge in [-0.2, -0.15) is 0 Å². The zero-order valence-electron chi connectivity index (χ0n) is 12.5. The van der Waals surface area contributed by atoms with E-state index in [4.69, 9.17) is 5.73 Å². The fraction of sp³-hybridized carbons (Fsp3) is 0.533. The number of halogens is 3. The summed E-state index contributed by atoms with van der Waals surface area (Å²) in [4.78, 5) is 12.0. The van der Waals surface area contributed by atoms with Crippen LogP contribution in [0.25, 0.3) is 0 Å². The van der Waals surface area contributed by atoms with Crippen LogP contribution in [0.1, 0.15) is 45.2 Å². The summed E-state index contributed by atoms with van der Waals surface area (Å²) in [6.45, 7) is 5.66. The number of nitrogens with one attached hydrogen (secondary N) is 1. The highest BCUT2D eigenvalue weighted by Gasteiger charge is 2.24. The molecule has 120 valence electrons. The second-order valence-corrected chi connectivity index (χ2v) is 5.29. The SMILES string of the molecule is CCCC(N)C(=O)NC(c1ccc(F)cc1F)C(C)C.Cl. The lowest BCUT2D eigenvalue weighted by atomic mass is 9.95. The topological polar surface area (TPSA) is 55.1 Å². The second-order valence-electron chi connectivity index (χ2n) is 5.29. The highest BCUT2D eigenvalue weighted by molar-refractivity contribution is 5.85. The van der Waals surface area contributed by atoms with Crippen molar-refractivity contribution in [2.24, 2.45) is 11.7 Å². The van der Waals surface area contributed by atoms with Crippen LogP contribution in [0.3, 0.4) is 0 Å². The first-order chi connectivity index (χ1) is 9.36. The van der Waals surface area contributed by atoms with Gasteiger partial charge in [-0.15, -0.1) is 12.4 Å². The first-order valence-corrected chi connectivity index (χ1v) is 6.87. The van der Waals surface area contributed by atoms with Crippen LogP contribution >= 0.6 is 12.4 Å². The van der Waals surface area contributed by atoms with Crippen LogP contribution in [-0.2, 0) is 4.79 Å². The molecule has 2 unspecified atom stereocenters. The minimum atomic E-state index is -0.659. The van der Waals surface area contributed by atoms with Crippen LogP contribution in [-0.4, -0.2) is 11.9 Å². The Bertz CT molecular complexity index is 469. The van der Waals surface area contributed by atoms with E-state index in [-0.39, 0.29) is 29.8 Å². The Morgan fingerprint density at radius 3 is 2.43 bits per heavy atom. The molecule has 0 aromatic heterocycles. The fourth-order valence-corrected chi connectivity index (χ4v) is 2.06. The Balaban J connectivity index is 0.00000400. The Hall–Kier alpha value is -1.20. The molecule has 0 aliphatic heterocycles. The van der Waals surface area contributed by atoms with Gasteiger partial charge in [0, 0.05) is 11.6 Å². The average molecular weight is 321 g/mol. The molecular weight excluding hydrogens is 298 g/mol. The lowest BCUT2D eigenvalue weighted by molar-refractivity contribution is -0.123. The number of hydrogen-bond acceptors (Lipinski definition) is 2. The van der Waals surface area contributed by atoms with Crippen molar-refractivity contribution in [2.45, 2.75) is 45.7 Å². The zero-order chi connectivity index (χ0) is 15.3. The van der Waals surface area contributed by atoms with Crippen LogP contribution in [0.15, 0.2) is 18.2 Å². The van der Waals surface area contributed by atoms with Gasteiger partial charge in [0.25, 0.3) is 0 Å². The molecule has 2 atom stereocenters. The summed E-state index contributed by atoms with van der Waals surface area (Å²) in [7, 11) is 0. The molecule has 0 aliphatic carbocycles. The number of carbonyl (C=O) groups is 1. The standard InChI is InChI=1S/C15H22F2N2O.ClH/c1-4-5-13(18)15(20)19-14(9(2)3)11-7-6-10(16)8-12(11)17;/h6-9,13-14H,4-5,18H2,1-3H3,(H,19,20);1H. The molecule has 1 aromatic carbocycles. The third kappa shape index (κ3) is 5.59. The van der Waals surface area contributed by atoms with E-state index in [1.807, 2.05) is 20.8 Å². The molecule has 6 heteroatoms. The molecule has 1 aromatic rings. The molecule has 21 heavy (non-hydrogen) atoms. The predicted octanol–water partition coefficient (Wildman–Crippen LogP) is 3.33. The third-order valence-corrected chi connectivity index (χ3v) is 3.20. The maximum atomic E-state index is 13.8. The normalized spacial score (nSPS) is 13.5. The monoisotopic (exact) mass is 320 g/mol. The molecule has 0 aliphatic rings. The molecule has 0 radical (unpaired) electrons. The van der Waals surface area contributed by atoms with Crippen molar-refractivity contribution in [2.75, 3.05) is 0 Å². The van der Waals surface area contributed by atoms with E-state index >= 15 is 0 Å². The van der Waals surface area contributed by atoms with Gasteiger partial charge in [0.05, 0.1) is 12.1 Å². The van der Waals surface area contributed by atoms with E-state index in [9.17, 15) is 13.6 Å². The second kappa shape index (κ2) is 8.95.